The Labute approximate surface area is 172 Å². The van der Waals surface area contributed by atoms with E-state index in [0.717, 1.165) is 36.3 Å². The lowest BCUT2D eigenvalue weighted by molar-refractivity contribution is 0.0734. The number of carbonyl (C=O) groups excluding carboxylic acids is 1. The Morgan fingerprint density at radius 2 is 1.76 bits per heavy atom. The van der Waals surface area contributed by atoms with Crippen molar-refractivity contribution >= 4 is 5.91 Å². The number of benzene rings is 2. The summed E-state index contributed by atoms with van der Waals surface area (Å²) in [6, 6.07) is 12.2. The number of halogens is 1. The summed E-state index contributed by atoms with van der Waals surface area (Å²) in [4.78, 5) is 17.1. The first kappa shape index (κ1) is 19.9. The van der Waals surface area contributed by atoms with E-state index in [1.807, 2.05) is 30.3 Å². The van der Waals surface area contributed by atoms with E-state index in [4.69, 9.17) is 4.74 Å². The lowest BCUT2D eigenvalue weighted by Crippen LogP contribution is -2.36. The smallest absolute Gasteiger partial charge is 0.254 e. The zero-order valence-corrected chi connectivity index (χ0v) is 16.9. The molecule has 0 unspecified atom stereocenters. The minimum atomic E-state index is -0.250. The van der Waals surface area contributed by atoms with Crippen molar-refractivity contribution in [1.82, 2.24) is 9.80 Å². The van der Waals surface area contributed by atoms with Gasteiger partial charge in [0.1, 0.15) is 11.6 Å². The first-order chi connectivity index (χ1) is 14.2. The maximum Gasteiger partial charge on any atom is 0.254 e. The van der Waals surface area contributed by atoms with E-state index in [2.05, 4.69) is 4.90 Å². The van der Waals surface area contributed by atoms with Gasteiger partial charge in [-0.15, -0.1) is 0 Å². The Morgan fingerprint density at radius 3 is 2.55 bits per heavy atom. The Kier molecular flexibility index (Phi) is 6.45. The van der Waals surface area contributed by atoms with Gasteiger partial charge in [0.15, 0.2) is 0 Å². The molecule has 4 rings (SSSR count). The highest BCUT2D eigenvalue weighted by Gasteiger charge is 2.22. The molecule has 2 aliphatic heterocycles. The summed E-state index contributed by atoms with van der Waals surface area (Å²) < 4.78 is 19.3. The van der Waals surface area contributed by atoms with Crippen molar-refractivity contribution in [3.63, 3.8) is 0 Å². The molecule has 5 heteroatoms. The maximum atomic E-state index is 13.5. The average Bonchev–Trinajstić information content (AvgIpc) is 2.77. The number of hydrogen-bond donors (Lipinski definition) is 0. The zero-order chi connectivity index (χ0) is 20.1. The number of fused-ring (bicyclic) bond motifs is 1. The molecule has 4 nitrogen and oxygen atoms in total. The summed E-state index contributed by atoms with van der Waals surface area (Å²) in [6.07, 6.45) is 5.77. The van der Waals surface area contributed by atoms with E-state index in [0.29, 0.717) is 25.3 Å². The standard InChI is InChI=1S/C24H29FN2O2/c25-22-8-5-19-11-15-27(18-21(19)17-22)24(28)20-6-9-23(10-7-20)29-16-4-14-26-12-2-1-3-13-26/h5-10,17H,1-4,11-16,18H2. The monoisotopic (exact) mass is 396 g/mol. The first-order valence-electron chi connectivity index (χ1n) is 10.7. The van der Waals surface area contributed by atoms with Crippen molar-refractivity contribution < 1.29 is 13.9 Å². The second kappa shape index (κ2) is 9.40. The fraction of sp³-hybridized carbons (Fsp3) is 0.458. The molecule has 2 heterocycles. The van der Waals surface area contributed by atoms with E-state index in [-0.39, 0.29) is 11.7 Å². The highest BCUT2D eigenvalue weighted by atomic mass is 19.1. The Morgan fingerprint density at radius 1 is 0.966 bits per heavy atom. The van der Waals surface area contributed by atoms with Crippen LogP contribution in [-0.2, 0) is 13.0 Å². The van der Waals surface area contributed by atoms with E-state index in [1.165, 1.54) is 44.5 Å². The van der Waals surface area contributed by atoms with Gasteiger partial charge in [0.25, 0.3) is 5.91 Å². The molecule has 2 aliphatic rings. The van der Waals surface area contributed by atoms with Crippen molar-refractivity contribution in [2.45, 2.75) is 38.6 Å². The maximum absolute atomic E-state index is 13.5. The third-order valence-electron chi connectivity index (χ3n) is 5.91. The van der Waals surface area contributed by atoms with Gasteiger partial charge >= 0.3 is 0 Å². The summed E-state index contributed by atoms with van der Waals surface area (Å²) in [6.45, 7) is 5.33. The van der Waals surface area contributed by atoms with Crippen LogP contribution in [0.4, 0.5) is 4.39 Å². The summed E-state index contributed by atoms with van der Waals surface area (Å²) in [5.74, 6) is 0.530. The number of likely N-dealkylation sites (tertiary alicyclic amines) is 1. The summed E-state index contributed by atoms with van der Waals surface area (Å²) in [5.41, 5.74) is 2.67. The molecule has 2 aromatic carbocycles. The van der Waals surface area contributed by atoms with Crippen LogP contribution in [-0.4, -0.2) is 48.5 Å². The predicted octanol–water partition coefficient (Wildman–Crippen LogP) is 4.28. The molecule has 0 aliphatic carbocycles. The van der Waals surface area contributed by atoms with Crippen LogP contribution in [0, 0.1) is 5.82 Å². The van der Waals surface area contributed by atoms with Gasteiger partial charge in [0.05, 0.1) is 6.61 Å². The zero-order valence-electron chi connectivity index (χ0n) is 16.9. The van der Waals surface area contributed by atoms with Gasteiger partial charge in [0.2, 0.25) is 0 Å². The number of nitrogens with zero attached hydrogens (tertiary/aromatic N) is 2. The lowest BCUT2D eigenvalue weighted by atomic mass is 9.99. The number of carbonyl (C=O) groups is 1. The second-order valence-electron chi connectivity index (χ2n) is 8.02. The van der Waals surface area contributed by atoms with Crippen LogP contribution in [0.3, 0.4) is 0 Å². The molecule has 1 saturated heterocycles. The molecule has 154 valence electrons. The minimum Gasteiger partial charge on any atom is -0.494 e. The van der Waals surface area contributed by atoms with Crippen LogP contribution >= 0.6 is 0 Å². The molecular formula is C24H29FN2O2. The minimum absolute atomic E-state index is 0.0171. The van der Waals surface area contributed by atoms with Crippen LogP contribution in [0.15, 0.2) is 42.5 Å². The van der Waals surface area contributed by atoms with Gasteiger partial charge in [0, 0.05) is 25.2 Å². The van der Waals surface area contributed by atoms with E-state index >= 15 is 0 Å². The van der Waals surface area contributed by atoms with Crippen molar-refractivity contribution in [1.29, 1.82) is 0 Å². The van der Waals surface area contributed by atoms with Gasteiger partial charge in [-0.1, -0.05) is 12.5 Å². The fourth-order valence-electron chi connectivity index (χ4n) is 4.24. The van der Waals surface area contributed by atoms with Crippen LogP contribution in [0.1, 0.15) is 47.2 Å². The first-order valence-corrected chi connectivity index (χ1v) is 10.7. The van der Waals surface area contributed by atoms with E-state index in [1.54, 1.807) is 4.90 Å². The Bertz CT molecular complexity index is 831. The van der Waals surface area contributed by atoms with Crippen LogP contribution < -0.4 is 4.74 Å². The van der Waals surface area contributed by atoms with Gasteiger partial charge < -0.3 is 14.5 Å². The predicted molar refractivity (Wildman–Crippen MR) is 112 cm³/mol. The largest absolute Gasteiger partial charge is 0.494 e. The third kappa shape index (κ3) is 5.15. The molecule has 0 aromatic heterocycles. The molecule has 0 saturated carbocycles. The third-order valence-corrected chi connectivity index (χ3v) is 5.91. The average molecular weight is 397 g/mol. The number of hydrogen-bond acceptors (Lipinski definition) is 3. The highest BCUT2D eigenvalue weighted by Crippen LogP contribution is 2.22. The van der Waals surface area contributed by atoms with Gasteiger partial charge in [-0.2, -0.15) is 0 Å². The number of piperidine rings is 1. The second-order valence-corrected chi connectivity index (χ2v) is 8.02. The summed E-state index contributed by atoms with van der Waals surface area (Å²) in [5, 5.41) is 0. The van der Waals surface area contributed by atoms with Crippen LogP contribution in [0.2, 0.25) is 0 Å². The highest BCUT2D eigenvalue weighted by molar-refractivity contribution is 5.94. The van der Waals surface area contributed by atoms with E-state index < -0.39 is 0 Å². The van der Waals surface area contributed by atoms with Crippen LogP contribution in [0.5, 0.6) is 5.75 Å². The number of amides is 1. The van der Waals surface area contributed by atoms with Crippen molar-refractivity contribution in [3.05, 3.63) is 65.0 Å². The SMILES string of the molecule is O=C(c1ccc(OCCCN2CCCCC2)cc1)N1CCc2ccc(F)cc2C1. The normalized spacial score (nSPS) is 17.1. The number of rotatable bonds is 6. The van der Waals surface area contributed by atoms with Gasteiger partial charge in [-0.25, -0.2) is 4.39 Å². The molecule has 0 atom stereocenters. The number of ether oxygens (including phenoxy) is 1. The molecule has 0 spiro atoms. The lowest BCUT2D eigenvalue weighted by Gasteiger charge is -2.29. The summed E-state index contributed by atoms with van der Waals surface area (Å²) in [7, 11) is 0. The summed E-state index contributed by atoms with van der Waals surface area (Å²) >= 11 is 0. The molecule has 1 amide bonds. The van der Waals surface area contributed by atoms with Gasteiger partial charge in [-0.3, -0.25) is 4.79 Å². The molecule has 0 N–H and O–H groups in total. The van der Waals surface area contributed by atoms with Crippen molar-refractivity contribution in [3.8, 4) is 5.75 Å². The molecule has 0 radical (unpaired) electrons. The van der Waals surface area contributed by atoms with E-state index in [9.17, 15) is 9.18 Å². The molecular weight excluding hydrogens is 367 g/mol. The van der Waals surface area contributed by atoms with Crippen molar-refractivity contribution in [2.75, 3.05) is 32.8 Å². The van der Waals surface area contributed by atoms with Crippen molar-refractivity contribution in [2.24, 2.45) is 0 Å². The molecule has 2 aromatic rings. The fourth-order valence-corrected chi connectivity index (χ4v) is 4.24. The van der Waals surface area contributed by atoms with Gasteiger partial charge in [-0.05, 0) is 86.3 Å². The molecule has 29 heavy (non-hydrogen) atoms. The van der Waals surface area contributed by atoms with Crippen LogP contribution in [0.25, 0.3) is 0 Å². The Balaban J connectivity index is 1.27. The molecule has 1 fully saturated rings. The topological polar surface area (TPSA) is 32.8 Å². The molecule has 0 bridgehead atoms. The quantitative estimate of drug-likeness (QED) is 0.684. The Hall–Kier alpha value is -2.40.